The molecule has 0 aromatic rings. The molecule has 102 valence electrons. The van der Waals surface area contributed by atoms with E-state index in [1.165, 1.54) is 0 Å². The molecule has 0 aromatic carbocycles. The smallest absolute Gasteiger partial charge is 0.188 e. The highest BCUT2D eigenvalue weighted by Crippen LogP contribution is 2.03. The van der Waals surface area contributed by atoms with Gasteiger partial charge in [-0.15, -0.1) is 0 Å². The predicted octanol–water partition coefficient (Wildman–Crippen LogP) is 1.67. The first-order chi connectivity index (χ1) is 7.84. The maximum Gasteiger partial charge on any atom is 0.188 e. The van der Waals surface area contributed by atoms with E-state index in [1.807, 2.05) is 0 Å². The van der Waals surface area contributed by atoms with Gasteiger partial charge in [-0.1, -0.05) is 13.8 Å². The molecule has 4 nitrogen and oxygen atoms in total. The Balaban J connectivity index is 3.92. The highest BCUT2D eigenvalue weighted by molar-refractivity contribution is 5.77. The molecule has 0 amide bonds. The fourth-order valence-electron chi connectivity index (χ4n) is 1.76. The number of nitrogens with two attached hydrogens (primary N) is 1. The highest BCUT2D eigenvalue weighted by Gasteiger charge is 2.12. The molecular formula is C13H30N4. The quantitative estimate of drug-likeness (QED) is 0.527. The topological polar surface area (TPSA) is 53.6 Å². The van der Waals surface area contributed by atoms with E-state index in [0.717, 1.165) is 19.6 Å². The summed E-state index contributed by atoms with van der Waals surface area (Å²) in [6.45, 7) is 15.8. The van der Waals surface area contributed by atoms with Crippen LogP contribution in [0.25, 0.3) is 0 Å². The van der Waals surface area contributed by atoms with E-state index < -0.39 is 0 Å². The van der Waals surface area contributed by atoms with Gasteiger partial charge in [-0.2, -0.15) is 0 Å². The zero-order valence-corrected chi connectivity index (χ0v) is 12.3. The van der Waals surface area contributed by atoms with Crippen LogP contribution in [-0.2, 0) is 0 Å². The third-order valence-electron chi connectivity index (χ3n) is 2.63. The number of hydrogen-bond donors (Lipinski definition) is 2. The normalized spacial score (nSPS) is 13.2. The second kappa shape index (κ2) is 8.34. The van der Waals surface area contributed by atoms with Crippen molar-refractivity contribution in [2.75, 3.05) is 19.6 Å². The van der Waals surface area contributed by atoms with Gasteiger partial charge in [0.25, 0.3) is 0 Å². The van der Waals surface area contributed by atoms with Gasteiger partial charge < -0.3 is 11.1 Å². The van der Waals surface area contributed by atoms with Crippen LogP contribution >= 0.6 is 0 Å². The van der Waals surface area contributed by atoms with E-state index >= 15 is 0 Å². The third kappa shape index (κ3) is 8.02. The van der Waals surface area contributed by atoms with Crippen LogP contribution in [0.1, 0.15) is 41.5 Å². The highest BCUT2D eigenvalue weighted by atomic mass is 15.2. The largest absolute Gasteiger partial charge is 0.370 e. The molecule has 0 unspecified atom stereocenters. The lowest BCUT2D eigenvalue weighted by molar-refractivity contribution is 0.178. The Morgan fingerprint density at radius 3 is 2.06 bits per heavy atom. The van der Waals surface area contributed by atoms with Gasteiger partial charge in [0.2, 0.25) is 0 Å². The summed E-state index contributed by atoms with van der Waals surface area (Å²) >= 11 is 0. The predicted molar refractivity (Wildman–Crippen MR) is 76.3 cm³/mol. The van der Waals surface area contributed by atoms with Crippen molar-refractivity contribution in [1.82, 2.24) is 10.2 Å². The van der Waals surface area contributed by atoms with Gasteiger partial charge in [0.05, 0.1) is 0 Å². The Kier molecular flexibility index (Phi) is 7.96. The van der Waals surface area contributed by atoms with E-state index in [4.69, 9.17) is 5.73 Å². The van der Waals surface area contributed by atoms with E-state index in [0.29, 0.717) is 24.0 Å². The standard InChI is InChI=1S/C13H30N4/c1-10(2)9-16-13(14)15-7-8-17(11(3)4)12(5)6/h10-12H,7-9H2,1-6H3,(H3,14,15,16). The van der Waals surface area contributed by atoms with Crippen molar-refractivity contribution in [3.63, 3.8) is 0 Å². The molecule has 0 aliphatic carbocycles. The molecule has 0 bridgehead atoms. The molecule has 0 spiro atoms. The van der Waals surface area contributed by atoms with Crippen molar-refractivity contribution in [3.05, 3.63) is 0 Å². The van der Waals surface area contributed by atoms with Gasteiger partial charge in [0.1, 0.15) is 0 Å². The Morgan fingerprint density at radius 1 is 1.12 bits per heavy atom. The van der Waals surface area contributed by atoms with Crippen LogP contribution in [-0.4, -0.2) is 42.6 Å². The number of nitrogens with one attached hydrogen (secondary N) is 1. The van der Waals surface area contributed by atoms with Crippen molar-refractivity contribution in [2.24, 2.45) is 16.6 Å². The summed E-state index contributed by atoms with van der Waals surface area (Å²) < 4.78 is 0. The summed E-state index contributed by atoms with van der Waals surface area (Å²) in [5.41, 5.74) is 5.78. The summed E-state index contributed by atoms with van der Waals surface area (Å²) in [7, 11) is 0. The van der Waals surface area contributed by atoms with E-state index in [-0.39, 0.29) is 0 Å². The summed E-state index contributed by atoms with van der Waals surface area (Å²) in [6.07, 6.45) is 0. The van der Waals surface area contributed by atoms with E-state index in [9.17, 15) is 0 Å². The van der Waals surface area contributed by atoms with Gasteiger partial charge >= 0.3 is 0 Å². The lowest BCUT2D eigenvalue weighted by Crippen LogP contribution is -2.44. The van der Waals surface area contributed by atoms with Crippen LogP contribution in [0.3, 0.4) is 0 Å². The van der Waals surface area contributed by atoms with Gasteiger partial charge in [-0.25, -0.2) is 0 Å². The van der Waals surface area contributed by atoms with Crippen LogP contribution in [0.15, 0.2) is 4.99 Å². The Hall–Kier alpha value is -0.770. The maximum atomic E-state index is 5.78. The lowest BCUT2D eigenvalue weighted by Gasteiger charge is -2.30. The second-order valence-corrected chi connectivity index (χ2v) is 5.47. The summed E-state index contributed by atoms with van der Waals surface area (Å²) in [5.74, 6) is 1.12. The molecule has 0 fully saturated rings. The SMILES string of the molecule is CC(C)CN=C(N)NCCN(C(C)C)C(C)C. The molecule has 0 aliphatic heterocycles. The molecule has 0 aromatic heterocycles. The number of hydrogen-bond acceptors (Lipinski definition) is 2. The van der Waals surface area contributed by atoms with E-state index in [1.54, 1.807) is 0 Å². The van der Waals surface area contributed by atoms with Crippen molar-refractivity contribution in [1.29, 1.82) is 0 Å². The molecule has 0 rings (SSSR count). The average molecular weight is 242 g/mol. The van der Waals surface area contributed by atoms with Crippen molar-refractivity contribution >= 4 is 5.96 Å². The summed E-state index contributed by atoms with van der Waals surface area (Å²) in [5, 5.41) is 3.16. The minimum absolute atomic E-state index is 0.554. The monoisotopic (exact) mass is 242 g/mol. The number of rotatable bonds is 7. The number of guanidine groups is 1. The Morgan fingerprint density at radius 2 is 1.65 bits per heavy atom. The second-order valence-electron chi connectivity index (χ2n) is 5.47. The Bertz CT molecular complexity index is 213. The zero-order valence-electron chi connectivity index (χ0n) is 12.3. The van der Waals surface area contributed by atoms with Gasteiger partial charge in [-0.3, -0.25) is 9.89 Å². The number of aliphatic imine (C=N–C) groups is 1. The van der Waals surface area contributed by atoms with Gasteiger partial charge in [-0.05, 0) is 33.6 Å². The van der Waals surface area contributed by atoms with Crippen molar-refractivity contribution < 1.29 is 0 Å². The first-order valence-electron chi connectivity index (χ1n) is 6.64. The molecule has 0 saturated heterocycles. The third-order valence-corrected chi connectivity index (χ3v) is 2.63. The molecule has 0 radical (unpaired) electrons. The maximum absolute atomic E-state index is 5.78. The van der Waals surface area contributed by atoms with Crippen LogP contribution < -0.4 is 11.1 Å². The van der Waals surface area contributed by atoms with Crippen LogP contribution in [0.5, 0.6) is 0 Å². The fourth-order valence-corrected chi connectivity index (χ4v) is 1.76. The molecule has 3 N–H and O–H groups in total. The Labute approximate surface area is 107 Å². The van der Waals surface area contributed by atoms with Gasteiger partial charge in [0, 0.05) is 31.7 Å². The van der Waals surface area contributed by atoms with Crippen LogP contribution in [0, 0.1) is 5.92 Å². The first kappa shape index (κ1) is 16.2. The minimum atomic E-state index is 0.554. The summed E-state index contributed by atoms with van der Waals surface area (Å²) in [6, 6.07) is 1.12. The van der Waals surface area contributed by atoms with E-state index in [2.05, 4.69) is 56.8 Å². The molecule has 0 aliphatic rings. The van der Waals surface area contributed by atoms with Crippen LogP contribution in [0.4, 0.5) is 0 Å². The first-order valence-corrected chi connectivity index (χ1v) is 6.64. The van der Waals surface area contributed by atoms with Crippen LogP contribution in [0.2, 0.25) is 0 Å². The molecule has 0 heterocycles. The molecule has 17 heavy (non-hydrogen) atoms. The molecular weight excluding hydrogens is 212 g/mol. The molecule has 0 atom stereocenters. The minimum Gasteiger partial charge on any atom is -0.370 e. The average Bonchev–Trinajstić information content (AvgIpc) is 2.20. The molecule has 0 saturated carbocycles. The lowest BCUT2D eigenvalue weighted by atomic mass is 10.2. The van der Waals surface area contributed by atoms with Gasteiger partial charge in [0.15, 0.2) is 5.96 Å². The zero-order chi connectivity index (χ0) is 13.4. The summed E-state index contributed by atoms with van der Waals surface area (Å²) in [4.78, 5) is 6.71. The van der Waals surface area contributed by atoms with Crippen molar-refractivity contribution in [3.8, 4) is 0 Å². The number of nitrogens with zero attached hydrogens (tertiary/aromatic N) is 2. The fraction of sp³-hybridized carbons (Fsp3) is 0.923. The van der Waals surface area contributed by atoms with Crippen molar-refractivity contribution in [2.45, 2.75) is 53.6 Å². The molecule has 4 heteroatoms.